The van der Waals surface area contributed by atoms with Crippen LogP contribution in [-0.4, -0.2) is 7.11 Å². The van der Waals surface area contributed by atoms with Gasteiger partial charge in [0.2, 0.25) is 0 Å². The van der Waals surface area contributed by atoms with Gasteiger partial charge >= 0.3 is 0 Å². The molecule has 2 N–H and O–H groups in total. The molecule has 0 amide bonds. The lowest BCUT2D eigenvalue weighted by Crippen LogP contribution is -2.07. The lowest BCUT2D eigenvalue weighted by Gasteiger charge is -2.14. The van der Waals surface area contributed by atoms with Gasteiger partial charge in [0.05, 0.1) is 7.11 Å². The number of benzene rings is 2. The Kier molecular flexibility index (Phi) is 4.81. The Bertz CT molecular complexity index is 626. The van der Waals surface area contributed by atoms with Crippen LogP contribution in [0.5, 0.6) is 11.5 Å². The normalized spacial score (nSPS) is 12.0. The van der Waals surface area contributed by atoms with Gasteiger partial charge in [-0.2, -0.15) is 0 Å². The number of methoxy groups -OCH3 is 1. The largest absolute Gasteiger partial charge is 0.496 e. The van der Waals surface area contributed by atoms with E-state index in [1.807, 2.05) is 32.0 Å². The Morgan fingerprint density at radius 3 is 2.57 bits per heavy atom. The zero-order valence-electron chi connectivity index (χ0n) is 12.5. The molecule has 0 aliphatic heterocycles. The minimum absolute atomic E-state index is 0.0784. The second-order valence-corrected chi connectivity index (χ2v) is 5.08. The van der Waals surface area contributed by atoms with Crippen LogP contribution in [0.3, 0.4) is 0 Å². The van der Waals surface area contributed by atoms with Gasteiger partial charge in [-0.25, -0.2) is 4.39 Å². The lowest BCUT2D eigenvalue weighted by atomic mass is 10.1. The van der Waals surface area contributed by atoms with Crippen molar-refractivity contribution < 1.29 is 13.9 Å². The molecule has 0 heterocycles. The van der Waals surface area contributed by atoms with Crippen LogP contribution in [0.15, 0.2) is 36.4 Å². The van der Waals surface area contributed by atoms with E-state index in [9.17, 15) is 4.39 Å². The van der Waals surface area contributed by atoms with Crippen molar-refractivity contribution in [2.45, 2.75) is 26.5 Å². The van der Waals surface area contributed by atoms with Crippen molar-refractivity contribution in [2.24, 2.45) is 5.73 Å². The van der Waals surface area contributed by atoms with Gasteiger partial charge in [-0.1, -0.05) is 12.1 Å². The van der Waals surface area contributed by atoms with Crippen LogP contribution >= 0.6 is 0 Å². The standard InChI is InChI=1S/C17H20FNO2/c1-11-4-6-15(18)17(8-11)21-10-14-9-13(12(2)19)5-7-16(14)20-3/h4-9,12H,10,19H2,1-3H3. The quantitative estimate of drug-likeness (QED) is 0.912. The molecule has 0 fully saturated rings. The molecular weight excluding hydrogens is 269 g/mol. The van der Waals surface area contributed by atoms with Crippen LogP contribution in [-0.2, 0) is 6.61 Å². The summed E-state index contributed by atoms with van der Waals surface area (Å²) in [6.45, 7) is 4.03. The molecule has 2 aromatic rings. The van der Waals surface area contributed by atoms with Crippen LogP contribution in [0.25, 0.3) is 0 Å². The summed E-state index contributed by atoms with van der Waals surface area (Å²) in [4.78, 5) is 0. The van der Waals surface area contributed by atoms with Crippen LogP contribution < -0.4 is 15.2 Å². The first kappa shape index (κ1) is 15.3. The van der Waals surface area contributed by atoms with E-state index in [2.05, 4.69) is 0 Å². The molecule has 0 aliphatic rings. The Hall–Kier alpha value is -2.07. The number of hydrogen-bond acceptors (Lipinski definition) is 3. The predicted molar refractivity (Wildman–Crippen MR) is 81.1 cm³/mol. The molecule has 2 aromatic carbocycles. The van der Waals surface area contributed by atoms with E-state index < -0.39 is 0 Å². The summed E-state index contributed by atoms with van der Waals surface area (Å²) < 4.78 is 24.6. The van der Waals surface area contributed by atoms with Crippen molar-refractivity contribution in [1.29, 1.82) is 0 Å². The first-order valence-electron chi connectivity index (χ1n) is 6.82. The van der Waals surface area contributed by atoms with Crippen molar-refractivity contribution in [3.8, 4) is 11.5 Å². The Morgan fingerprint density at radius 2 is 1.90 bits per heavy atom. The Morgan fingerprint density at radius 1 is 1.14 bits per heavy atom. The lowest BCUT2D eigenvalue weighted by molar-refractivity contribution is 0.282. The molecule has 1 unspecified atom stereocenters. The summed E-state index contributed by atoms with van der Waals surface area (Å²) >= 11 is 0. The summed E-state index contributed by atoms with van der Waals surface area (Å²) in [5.41, 5.74) is 8.66. The average Bonchev–Trinajstić information content (AvgIpc) is 2.47. The van der Waals surface area contributed by atoms with Gasteiger partial charge in [0, 0.05) is 11.6 Å². The zero-order chi connectivity index (χ0) is 15.4. The molecule has 21 heavy (non-hydrogen) atoms. The minimum Gasteiger partial charge on any atom is -0.496 e. The van der Waals surface area contributed by atoms with Gasteiger partial charge < -0.3 is 15.2 Å². The molecule has 0 aromatic heterocycles. The summed E-state index contributed by atoms with van der Waals surface area (Å²) in [7, 11) is 1.59. The second-order valence-electron chi connectivity index (χ2n) is 5.08. The highest BCUT2D eigenvalue weighted by atomic mass is 19.1. The van der Waals surface area contributed by atoms with Gasteiger partial charge in [-0.15, -0.1) is 0 Å². The first-order valence-corrected chi connectivity index (χ1v) is 6.82. The van der Waals surface area contributed by atoms with E-state index in [0.29, 0.717) is 5.75 Å². The molecule has 0 saturated heterocycles. The van der Waals surface area contributed by atoms with Crippen molar-refractivity contribution >= 4 is 0 Å². The number of halogens is 1. The minimum atomic E-state index is -0.372. The van der Waals surface area contributed by atoms with E-state index in [4.69, 9.17) is 15.2 Å². The Balaban J connectivity index is 2.22. The highest BCUT2D eigenvalue weighted by Crippen LogP contribution is 2.25. The second kappa shape index (κ2) is 6.59. The summed E-state index contributed by atoms with van der Waals surface area (Å²) in [5, 5.41) is 0. The molecule has 0 aliphatic carbocycles. The molecule has 2 rings (SSSR count). The third-order valence-electron chi connectivity index (χ3n) is 3.30. The molecule has 0 radical (unpaired) electrons. The molecule has 4 heteroatoms. The van der Waals surface area contributed by atoms with Crippen LogP contribution in [0, 0.1) is 12.7 Å². The van der Waals surface area contributed by atoms with E-state index in [1.54, 1.807) is 19.2 Å². The summed E-state index contributed by atoms with van der Waals surface area (Å²) in [6.07, 6.45) is 0. The fourth-order valence-corrected chi connectivity index (χ4v) is 2.07. The molecule has 1 atom stereocenters. The van der Waals surface area contributed by atoms with E-state index in [1.165, 1.54) is 6.07 Å². The topological polar surface area (TPSA) is 44.5 Å². The van der Waals surface area contributed by atoms with Crippen LogP contribution in [0.1, 0.15) is 29.7 Å². The summed E-state index contributed by atoms with van der Waals surface area (Å²) in [5.74, 6) is 0.568. The number of aryl methyl sites for hydroxylation is 1. The van der Waals surface area contributed by atoms with Gasteiger partial charge in [-0.05, 0) is 49.2 Å². The van der Waals surface area contributed by atoms with Gasteiger partial charge in [0.1, 0.15) is 12.4 Å². The van der Waals surface area contributed by atoms with Crippen molar-refractivity contribution in [3.05, 3.63) is 58.9 Å². The molecule has 0 bridgehead atoms. The number of nitrogens with two attached hydrogens (primary N) is 1. The van der Waals surface area contributed by atoms with E-state index in [-0.39, 0.29) is 24.2 Å². The molecule has 0 spiro atoms. The fourth-order valence-electron chi connectivity index (χ4n) is 2.07. The highest BCUT2D eigenvalue weighted by Gasteiger charge is 2.10. The third-order valence-corrected chi connectivity index (χ3v) is 3.30. The molecule has 3 nitrogen and oxygen atoms in total. The van der Waals surface area contributed by atoms with Crippen LogP contribution in [0.4, 0.5) is 4.39 Å². The highest BCUT2D eigenvalue weighted by molar-refractivity contribution is 5.38. The Labute approximate surface area is 124 Å². The predicted octanol–water partition coefficient (Wildman–Crippen LogP) is 3.74. The maximum absolute atomic E-state index is 13.7. The number of rotatable bonds is 5. The zero-order valence-corrected chi connectivity index (χ0v) is 12.5. The molecule has 112 valence electrons. The van der Waals surface area contributed by atoms with Crippen molar-refractivity contribution in [3.63, 3.8) is 0 Å². The fraction of sp³-hybridized carbons (Fsp3) is 0.294. The van der Waals surface area contributed by atoms with Crippen molar-refractivity contribution in [2.75, 3.05) is 7.11 Å². The van der Waals surface area contributed by atoms with Gasteiger partial charge in [0.15, 0.2) is 11.6 Å². The maximum Gasteiger partial charge on any atom is 0.165 e. The van der Waals surface area contributed by atoms with E-state index in [0.717, 1.165) is 16.7 Å². The molecular formula is C17H20FNO2. The smallest absolute Gasteiger partial charge is 0.165 e. The third kappa shape index (κ3) is 3.73. The van der Waals surface area contributed by atoms with Gasteiger partial charge in [-0.3, -0.25) is 0 Å². The van der Waals surface area contributed by atoms with Crippen molar-refractivity contribution in [1.82, 2.24) is 0 Å². The van der Waals surface area contributed by atoms with Crippen LogP contribution in [0.2, 0.25) is 0 Å². The monoisotopic (exact) mass is 289 g/mol. The summed E-state index contributed by atoms with van der Waals surface area (Å²) in [6, 6.07) is 10.4. The SMILES string of the molecule is COc1ccc(C(C)N)cc1COc1cc(C)ccc1F. The first-order chi connectivity index (χ1) is 10.0. The van der Waals surface area contributed by atoms with Gasteiger partial charge in [0.25, 0.3) is 0 Å². The number of ether oxygens (including phenoxy) is 2. The van der Waals surface area contributed by atoms with E-state index >= 15 is 0 Å². The maximum atomic E-state index is 13.7. The molecule has 0 saturated carbocycles. The average molecular weight is 289 g/mol. The number of hydrogen-bond donors (Lipinski definition) is 1.